The third kappa shape index (κ3) is 5.25. The Labute approximate surface area is 111 Å². The second kappa shape index (κ2) is 7.93. The van der Waals surface area contributed by atoms with E-state index in [0.717, 1.165) is 11.3 Å². The fraction of sp³-hybridized carbons (Fsp3) is 0.500. The summed E-state index contributed by atoms with van der Waals surface area (Å²) in [4.78, 5) is 0. The first-order valence-corrected chi connectivity index (χ1v) is 7.21. The molecule has 0 amide bonds. The number of nitrogens with one attached hydrogen (secondary N) is 1. The van der Waals surface area contributed by atoms with Gasteiger partial charge in [-0.2, -0.15) is 11.8 Å². The Morgan fingerprint density at radius 1 is 1.53 bits per heavy atom. The summed E-state index contributed by atoms with van der Waals surface area (Å²) < 4.78 is 13.2. The van der Waals surface area contributed by atoms with Gasteiger partial charge in [0.05, 0.1) is 5.02 Å². The predicted molar refractivity (Wildman–Crippen MR) is 72.1 cm³/mol. The number of hydrogen-bond donors (Lipinski definition) is 2. The molecule has 1 aromatic rings. The number of halogens is 2. The number of aliphatic hydroxyl groups excluding tert-OH is 1. The van der Waals surface area contributed by atoms with Crippen molar-refractivity contribution in [2.24, 2.45) is 0 Å². The summed E-state index contributed by atoms with van der Waals surface area (Å²) in [7, 11) is 0. The minimum Gasteiger partial charge on any atom is -0.396 e. The van der Waals surface area contributed by atoms with Crippen molar-refractivity contribution in [3.63, 3.8) is 0 Å². The summed E-state index contributed by atoms with van der Waals surface area (Å²) in [6, 6.07) is 5.04. The van der Waals surface area contributed by atoms with E-state index < -0.39 is 5.82 Å². The predicted octanol–water partition coefficient (Wildman–Crippen LogP) is 2.68. The highest BCUT2D eigenvalue weighted by atomic mass is 35.5. The Balaban J connectivity index is 2.49. The van der Waals surface area contributed by atoms with Crippen LogP contribution in [0.25, 0.3) is 0 Å². The lowest BCUT2D eigenvalue weighted by molar-refractivity contribution is 0.269. The maximum Gasteiger partial charge on any atom is 0.142 e. The van der Waals surface area contributed by atoms with Gasteiger partial charge in [-0.15, -0.1) is 0 Å². The molecule has 1 rings (SSSR count). The molecular weight excluding hydrogens is 261 g/mol. The highest BCUT2D eigenvalue weighted by Crippen LogP contribution is 2.15. The summed E-state index contributed by atoms with van der Waals surface area (Å²) in [5, 5.41) is 12.4. The van der Waals surface area contributed by atoms with Crippen LogP contribution < -0.4 is 5.32 Å². The number of hydrogen-bond acceptors (Lipinski definition) is 3. The molecule has 0 saturated heterocycles. The summed E-state index contributed by atoms with van der Waals surface area (Å²) in [5.74, 6) is 0.533. The van der Waals surface area contributed by atoms with Crippen LogP contribution in [0, 0.1) is 5.82 Å². The van der Waals surface area contributed by atoms with E-state index in [1.165, 1.54) is 6.07 Å². The number of thioether (sulfide) groups is 1. The molecule has 1 atom stereocenters. The van der Waals surface area contributed by atoms with Crippen molar-refractivity contribution in [3.05, 3.63) is 34.6 Å². The Bertz CT molecular complexity index is 345. The monoisotopic (exact) mass is 277 g/mol. The molecule has 0 aliphatic rings. The van der Waals surface area contributed by atoms with Gasteiger partial charge in [0.15, 0.2) is 0 Å². The van der Waals surface area contributed by atoms with Crippen molar-refractivity contribution in [2.45, 2.75) is 19.0 Å². The van der Waals surface area contributed by atoms with E-state index in [-0.39, 0.29) is 17.7 Å². The maximum atomic E-state index is 13.2. The molecule has 0 spiro atoms. The van der Waals surface area contributed by atoms with Gasteiger partial charge in [-0.3, -0.25) is 0 Å². The molecule has 0 heterocycles. The van der Waals surface area contributed by atoms with Crippen LogP contribution in [-0.2, 0) is 6.54 Å². The van der Waals surface area contributed by atoms with Crippen LogP contribution in [0.1, 0.15) is 12.0 Å². The third-order valence-electron chi connectivity index (χ3n) is 2.42. The average Bonchev–Trinajstić information content (AvgIpc) is 2.31. The Hall–Kier alpha value is -0.290. The zero-order chi connectivity index (χ0) is 12.7. The topological polar surface area (TPSA) is 32.3 Å². The Morgan fingerprint density at radius 3 is 2.88 bits per heavy atom. The molecule has 17 heavy (non-hydrogen) atoms. The van der Waals surface area contributed by atoms with Gasteiger partial charge in [-0.1, -0.05) is 17.7 Å². The average molecular weight is 278 g/mol. The van der Waals surface area contributed by atoms with Crippen LogP contribution in [0.4, 0.5) is 4.39 Å². The molecule has 0 aliphatic carbocycles. The van der Waals surface area contributed by atoms with Crippen molar-refractivity contribution in [3.8, 4) is 0 Å². The van der Waals surface area contributed by atoms with Crippen LogP contribution in [-0.4, -0.2) is 29.8 Å². The van der Waals surface area contributed by atoms with Gasteiger partial charge in [0.25, 0.3) is 0 Å². The van der Waals surface area contributed by atoms with Crippen molar-refractivity contribution < 1.29 is 9.50 Å². The lowest BCUT2D eigenvalue weighted by atomic mass is 10.2. The van der Waals surface area contributed by atoms with Crippen LogP contribution in [0.3, 0.4) is 0 Å². The normalized spacial score (nSPS) is 12.7. The molecule has 0 radical (unpaired) electrons. The smallest absolute Gasteiger partial charge is 0.142 e. The first kappa shape index (κ1) is 14.8. The van der Waals surface area contributed by atoms with Crippen molar-refractivity contribution in [2.75, 3.05) is 18.6 Å². The second-order valence-corrected chi connectivity index (χ2v) is 5.11. The molecule has 2 nitrogen and oxygen atoms in total. The Morgan fingerprint density at radius 2 is 2.29 bits per heavy atom. The lowest BCUT2D eigenvalue weighted by Gasteiger charge is -2.16. The van der Waals surface area contributed by atoms with Crippen LogP contribution >= 0.6 is 23.4 Å². The summed E-state index contributed by atoms with van der Waals surface area (Å²) in [6.07, 6.45) is 2.73. The van der Waals surface area contributed by atoms with Gasteiger partial charge >= 0.3 is 0 Å². The number of aliphatic hydroxyl groups is 1. The van der Waals surface area contributed by atoms with Crippen molar-refractivity contribution in [1.29, 1.82) is 0 Å². The Kier molecular flexibility index (Phi) is 6.89. The second-order valence-electron chi connectivity index (χ2n) is 3.79. The molecule has 1 aromatic carbocycles. The fourth-order valence-electron chi connectivity index (χ4n) is 1.51. The van der Waals surface area contributed by atoms with Gasteiger partial charge in [-0.05, 0) is 30.4 Å². The van der Waals surface area contributed by atoms with Crippen molar-refractivity contribution >= 4 is 23.4 Å². The molecule has 2 N–H and O–H groups in total. The van der Waals surface area contributed by atoms with Crippen LogP contribution in [0.5, 0.6) is 0 Å². The minimum atomic E-state index is -0.394. The van der Waals surface area contributed by atoms with Gasteiger partial charge in [0.1, 0.15) is 5.82 Å². The van der Waals surface area contributed by atoms with Gasteiger partial charge in [0.2, 0.25) is 0 Å². The van der Waals surface area contributed by atoms with Gasteiger partial charge < -0.3 is 10.4 Å². The molecule has 0 fully saturated rings. The first-order chi connectivity index (χ1) is 8.17. The molecule has 0 aromatic heterocycles. The maximum absolute atomic E-state index is 13.2. The largest absolute Gasteiger partial charge is 0.396 e. The number of rotatable bonds is 7. The summed E-state index contributed by atoms with van der Waals surface area (Å²) in [6.45, 7) is 0.743. The summed E-state index contributed by atoms with van der Waals surface area (Å²) >= 11 is 7.33. The van der Waals surface area contributed by atoms with Crippen LogP contribution in [0.2, 0.25) is 5.02 Å². The quantitative estimate of drug-likeness (QED) is 0.804. The van der Waals surface area contributed by atoms with Crippen LogP contribution in [0.15, 0.2) is 18.2 Å². The molecule has 1 unspecified atom stereocenters. The van der Waals surface area contributed by atoms with Gasteiger partial charge in [0, 0.05) is 24.9 Å². The number of benzene rings is 1. The third-order valence-corrected chi connectivity index (χ3v) is 3.47. The first-order valence-electron chi connectivity index (χ1n) is 5.44. The highest BCUT2D eigenvalue weighted by Gasteiger charge is 2.07. The van der Waals surface area contributed by atoms with Gasteiger partial charge in [-0.25, -0.2) is 4.39 Å². The molecule has 0 aliphatic heterocycles. The zero-order valence-electron chi connectivity index (χ0n) is 9.75. The molecule has 96 valence electrons. The summed E-state index contributed by atoms with van der Waals surface area (Å²) in [5.41, 5.74) is 0.857. The molecule has 0 saturated carbocycles. The van der Waals surface area contributed by atoms with E-state index >= 15 is 0 Å². The zero-order valence-corrected chi connectivity index (χ0v) is 11.3. The van der Waals surface area contributed by atoms with E-state index in [1.807, 2.05) is 6.26 Å². The SMILES string of the molecule is CSCC(CCO)NCc1ccc(Cl)c(F)c1. The van der Waals surface area contributed by atoms with E-state index in [4.69, 9.17) is 16.7 Å². The lowest BCUT2D eigenvalue weighted by Crippen LogP contribution is -2.31. The molecule has 5 heteroatoms. The van der Waals surface area contributed by atoms with E-state index in [2.05, 4.69) is 5.32 Å². The highest BCUT2D eigenvalue weighted by molar-refractivity contribution is 7.98. The minimum absolute atomic E-state index is 0.143. The van der Waals surface area contributed by atoms with E-state index in [0.29, 0.717) is 13.0 Å². The fourth-order valence-corrected chi connectivity index (χ4v) is 2.32. The molecular formula is C12H17ClFNOS. The van der Waals surface area contributed by atoms with E-state index in [9.17, 15) is 4.39 Å². The standard InChI is InChI=1S/C12H17ClFNOS/c1-17-8-10(4-5-16)15-7-9-2-3-11(13)12(14)6-9/h2-3,6,10,15-16H,4-5,7-8H2,1H3. The van der Waals surface area contributed by atoms with Crippen molar-refractivity contribution in [1.82, 2.24) is 5.32 Å². The van der Waals surface area contributed by atoms with E-state index in [1.54, 1.807) is 23.9 Å². The molecule has 0 bridgehead atoms.